The number of nitrogen functional groups attached to an aromatic ring is 1. The highest BCUT2D eigenvalue weighted by Crippen LogP contribution is 2.29. The van der Waals surface area contributed by atoms with Crippen molar-refractivity contribution in [2.75, 3.05) is 5.73 Å². The van der Waals surface area contributed by atoms with Gasteiger partial charge in [-0.05, 0) is 41.1 Å². The van der Waals surface area contributed by atoms with Gasteiger partial charge in [0.15, 0.2) is 5.82 Å². The van der Waals surface area contributed by atoms with Gasteiger partial charge in [-0.2, -0.15) is 0 Å². The van der Waals surface area contributed by atoms with Gasteiger partial charge in [0.2, 0.25) is 0 Å². The highest BCUT2D eigenvalue weighted by atomic mass is 79.9. The van der Waals surface area contributed by atoms with E-state index in [1.807, 2.05) is 6.92 Å². The number of aromatic nitrogens is 2. The summed E-state index contributed by atoms with van der Waals surface area (Å²) in [5.41, 5.74) is 7.33. The molecule has 88 valence electrons. The van der Waals surface area contributed by atoms with E-state index in [1.54, 1.807) is 18.2 Å². The summed E-state index contributed by atoms with van der Waals surface area (Å²) < 4.78 is 0.710. The molecule has 2 N–H and O–H groups in total. The largest absolute Gasteiger partial charge is 0.383 e. The van der Waals surface area contributed by atoms with Crippen LogP contribution in [-0.4, -0.2) is 9.97 Å². The lowest BCUT2D eigenvalue weighted by Crippen LogP contribution is -2.00. The Kier molecular flexibility index (Phi) is 3.56. The molecule has 0 unspecified atom stereocenters. The number of aryl methyl sites for hydroxylation is 1. The summed E-state index contributed by atoms with van der Waals surface area (Å²) >= 11 is 15.1. The molecular formula is C11H8BrCl2N3. The van der Waals surface area contributed by atoms with E-state index in [0.717, 1.165) is 11.3 Å². The van der Waals surface area contributed by atoms with Gasteiger partial charge in [0.25, 0.3) is 0 Å². The van der Waals surface area contributed by atoms with Gasteiger partial charge in [-0.25, -0.2) is 9.97 Å². The van der Waals surface area contributed by atoms with Gasteiger partial charge in [-0.3, -0.25) is 0 Å². The fraction of sp³-hybridized carbons (Fsp3) is 0.0909. The van der Waals surface area contributed by atoms with E-state index in [2.05, 4.69) is 25.9 Å². The van der Waals surface area contributed by atoms with Crippen molar-refractivity contribution < 1.29 is 0 Å². The van der Waals surface area contributed by atoms with Crippen LogP contribution in [0.15, 0.2) is 22.7 Å². The Morgan fingerprint density at radius 2 is 1.88 bits per heavy atom. The van der Waals surface area contributed by atoms with Gasteiger partial charge in [0.1, 0.15) is 5.82 Å². The lowest BCUT2D eigenvalue weighted by Gasteiger charge is -2.06. The van der Waals surface area contributed by atoms with Crippen molar-refractivity contribution >= 4 is 44.9 Å². The molecule has 0 aliphatic rings. The number of nitrogens with zero attached hydrogens (tertiary/aromatic N) is 2. The van der Waals surface area contributed by atoms with Gasteiger partial charge < -0.3 is 5.73 Å². The van der Waals surface area contributed by atoms with E-state index >= 15 is 0 Å². The van der Waals surface area contributed by atoms with Crippen LogP contribution in [0.1, 0.15) is 5.69 Å². The molecule has 0 aliphatic carbocycles. The maximum absolute atomic E-state index is 5.95. The molecule has 1 aromatic heterocycles. The standard InChI is InChI=1S/C11H8BrCl2N3/c1-5-9(12)10(15)17-11(16-5)6-2-3-7(13)8(14)4-6/h2-4H,1H3,(H2,15,16,17). The molecule has 0 saturated heterocycles. The topological polar surface area (TPSA) is 51.8 Å². The van der Waals surface area contributed by atoms with E-state index in [-0.39, 0.29) is 0 Å². The van der Waals surface area contributed by atoms with Crippen LogP contribution < -0.4 is 5.73 Å². The second-order valence-corrected chi connectivity index (χ2v) is 5.07. The third-order valence-corrected chi connectivity index (χ3v) is 3.94. The van der Waals surface area contributed by atoms with Crippen molar-refractivity contribution in [1.82, 2.24) is 9.97 Å². The predicted octanol–water partition coefficient (Wildman–Crippen LogP) is 4.10. The minimum absolute atomic E-state index is 0.401. The molecule has 1 aromatic carbocycles. The zero-order valence-corrected chi connectivity index (χ0v) is 11.9. The minimum Gasteiger partial charge on any atom is -0.383 e. The molecule has 0 fully saturated rings. The van der Waals surface area contributed by atoms with Crippen molar-refractivity contribution in [1.29, 1.82) is 0 Å². The summed E-state index contributed by atoms with van der Waals surface area (Å²) in [5, 5.41) is 0.962. The molecule has 0 saturated carbocycles. The average Bonchev–Trinajstić information content (AvgIpc) is 2.29. The Morgan fingerprint density at radius 3 is 2.47 bits per heavy atom. The molecule has 3 nitrogen and oxygen atoms in total. The number of nitrogens with two attached hydrogens (primary N) is 1. The first-order chi connectivity index (χ1) is 7.99. The normalized spacial score (nSPS) is 10.6. The number of rotatable bonds is 1. The van der Waals surface area contributed by atoms with Crippen LogP contribution in [0.2, 0.25) is 10.0 Å². The molecule has 2 aromatic rings. The number of hydrogen-bond acceptors (Lipinski definition) is 3. The van der Waals surface area contributed by atoms with E-state index in [0.29, 0.717) is 26.2 Å². The van der Waals surface area contributed by atoms with Gasteiger partial charge in [0.05, 0.1) is 20.2 Å². The van der Waals surface area contributed by atoms with Crippen molar-refractivity contribution in [3.05, 3.63) is 38.4 Å². The molecule has 0 aliphatic heterocycles. The molecule has 17 heavy (non-hydrogen) atoms. The lowest BCUT2D eigenvalue weighted by molar-refractivity contribution is 1.10. The Bertz CT molecular complexity index is 564. The molecule has 0 radical (unpaired) electrons. The van der Waals surface area contributed by atoms with Crippen LogP contribution in [-0.2, 0) is 0 Å². The maximum atomic E-state index is 5.95. The summed E-state index contributed by atoms with van der Waals surface area (Å²) in [7, 11) is 0. The monoisotopic (exact) mass is 331 g/mol. The smallest absolute Gasteiger partial charge is 0.161 e. The summed E-state index contributed by atoms with van der Waals surface area (Å²) in [5.74, 6) is 0.931. The number of hydrogen-bond donors (Lipinski definition) is 1. The van der Waals surface area contributed by atoms with Crippen molar-refractivity contribution in [3.63, 3.8) is 0 Å². The summed E-state index contributed by atoms with van der Waals surface area (Å²) in [6, 6.07) is 5.22. The summed E-state index contributed by atoms with van der Waals surface area (Å²) in [4.78, 5) is 8.53. The van der Waals surface area contributed by atoms with Crippen molar-refractivity contribution in [3.8, 4) is 11.4 Å². The first-order valence-corrected chi connectivity index (χ1v) is 6.29. The minimum atomic E-state index is 0.401. The zero-order chi connectivity index (χ0) is 12.6. The highest BCUT2D eigenvalue weighted by molar-refractivity contribution is 9.10. The maximum Gasteiger partial charge on any atom is 0.161 e. The van der Waals surface area contributed by atoms with E-state index < -0.39 is 0 Å². The molecule has 0 atom stereocenters. The van der Waals surface area contributed by atoms with E-state index in [4.69, 9.17) is 28.9 Å². The Balaban J connectivity index is 2.57. The van der Waals surface area contributed by atoms with Crippen LogP contribution in [0.3, 0.4) is 0 Å². The molecule has 1 heterocycles. The fourth-order valence-electron chi connectivity index (χ4n) is 1.35. The van der Waals surface area contributed by atoms with Crippen molar-refractivity contribution in [2.45, 2.75) is 6.92 Å². The second kappa shape index (κ2) is 4.80. The van der Waals surface area contributed by atoms with Crippen LogP contribution >= 0.6 is 39.1 Å². The van der Waals surface area contributed by atoms with E-state index in [9.17, 15) is 0 Å². The first kappa shape index (κ1) is 12.6. The van der Waals surface area contributed by atoms with Crippen molar-refractivity contribution in [2.24, 2.45) is 0 Å². The van der Waals surface area contributed by atoms with Crippen LogP contribution in [0.4, 0.5) is 5.82 Å². The molecule has 0 bridgehead atoms. The van der Waals surface area contributed by atoms with Crippen LogP contribution in [0, 0.1) is 6.92 Å². The third-order valence-electron chi connectivity index (χ3n) is 2.22. The average molecular weight is 333 g/mol. The SMILES string of the molecule is Cc1nc(-c2ccc(Cl)c(Cl)c2)nc(N)c1Br. The number of halogens is 3. The quantitative estimate of drug-likeness (QED) is 0.855. The van der Waals surface area contributed by atoms with Gasteiger partial charge in [0, 0.05) is 5.56 Å². The Labute approximate surface area is 117 Å². The molecular weight excluding hydrogens is 325 g/mol. The molecule has 0 amide bonds. The number of anilines is 1. The first-order valence-electron chi connectivity index (χ1n) is 4.74. The summed E-state index contributed by atoms with van der Waals surface area (Å²) in [6.45, 7) is 1.85. The summed E-state index contributed by atoms with van der Waals surface area (Å²) in [6.07, 6.45) is 0. The Hall–Kier alpha value is -0.840. The van der Waals surface area contributed by atoms with E-state index in [1.165, 1.54) is 0 Å². The van der Waals surface area contributed by atoms with Crippen LogP contribution in [0.25, 0.3) is 11.4 Å². The Morgan fingerprint density at radius 1 is 1.18 bits per heavy atom. The lowest BCUT2D eigenvalue weighted by atomic mass is 10.2. The van der Waals surface area contributed by atoms with Gasteiger partial charge in [-0.1, -0.05) is 23.2 Å². The highest BCUT2D eigenvalue weighted by Gasteiger charge is 2.09. The predicted molar refractivity (Wildman–Crippen MR) is 74.3 cm³/mol. The third kappa shape index (κ3) is 2.54. The van der Waals surface area contributed by atoms with Crippen LogP contribution in [0.5, 0.6) is 0 Å². The molecule has 6 heteroatoms. The second-order valence-electron chi connectivity index (χ2n) is 3.46. The van der Waals surface area contributed by atoms with Gasteiger partial charge in [-0.15, -0.1) is 0 Å². The molecule has 2 rings (SSSR count). The molecule has 0 spiro atoms. The number of benzene rings is 1. The zero-order valence-electron chi connectivity index (χ0n) is 8.84. The fourth-order valence-corrected chi connectivity index (χ4v) is 1.82. The van der Waals surface area contributed by atoms with Gasteiger partial charge >= 0.3 is 0 Å².